The van der Waals surface area contributed by atoms with E-state index in [1.807, 2.05) is 6.92 Å². The van der Waals surface area contributed by atoms with Gasteiger partial charge in [0.1, 0.15) is 0 Å². The Hall–Kier alpha value is 0.160. The van der Waals surface area contributed by atoms with E-state index in [0.717, 1.165) is 38.5 Å². The number of hydrogen-bond donors (Lipinski definition) is 0. The molecule has 0 spiro atoms. The Morgan fingerprint density at radius 1 is 1.11 bits per heavy atom. The Morgan fingerprint density at radius 2 is 1.83 bits per heavy atom. The molecule has 6 heteroatoms. The lowest BCUT2D eigenvalue weighted by molar-refractivity contribution is 0.239. The maximum atomic E-state index is 12.7. The van der Waals surface area contributed by atoms with Crippen LogP contribution in [0.15, 0.2) is 0 Å². The van der Waals surface area contributed by atoms with E-state index in [1.54, 1.807) is 8.61 Å². The molecule has 2 atom stereocenters. The molecular weight excluding hydrogens is 272 g/mol. The second kappa shape index (κ2) is 6.07. The van der Waals surface area contributed by atoms with Crippen LogP contribution < -0.4 is 0 Å². The molecule has 0 amide bonds. The van der Waals surface area contributed by atoms with E-state index in [9.17, 15) is 8.42 Å². The molecule has 0 bridgehead atoms. The molecule has 0 radical (unpaired) electrons. The molecule has 2 aliphatic rings. The summed E-state index contributed by atoms with van der Waals surface area (Å²) in [6, 6.07) is 0.252. The fourth-order valence-corrected chi connectivity index (χ4v) is 5.47. The van der Waals surface area contributed by atoms with E-state index in [-0.39, 0.29) is 12.1 Å². The maximum absolute atomic E-state index is 12.7. The Labute approximate surface area is 115 Å². The third-order valence-corrected chi connectivity index (χ3v) is 6.53. The van der Waals surface area contributed by atoms with E-state index in [4.69, 9.17) is 11.6 Å². The molecule has 0 aliphatic carbocycles. The van der Waals surface area contributed by atoms with Crippen LogP contribution >= 0.6 is 11.6 Å². The summed E-state index contributed by atoms with van der Waals surface area (Å²) in [5.41, 5.74) is 0. The molecule has 0 aromatic rings. The van der Waals surface area contributed by atoms with Crippen molar-refractivity contribution in [1.82, 2.24) is 8.61 Å². The van der Waals surface area contributed by atoms with Crippen LogP contribution in [0.4, 0.5) is 0 Å². The molecule has 4 nitrogen and oxygen atoms in total. The molecule has 2 unspecified atom stereocenters. The lowest BCUT2D eigenvalue weighted by Crippen LogP contribution is -2.51. The highest BCUT2D eigenvalue weighted by molar-refractivity contribution is 7.86. The maximum Gasteiger partial charge on any atom is 0.282 e. The fraction of sp³-hybridized carbons (Fsp3) is 1.00. The number of nitrogens with zero attached hydrogens (tertiary/aromatic N) is 2. The molecule has 2 heterocycles. The molecule has 2 saturated heterocycles. The summed E-state index contributed by atoms with van der Waals surface area (Å²) < 4.78 is 28.8. The van der Waals surface area contributed by atoms with Crippen LogP contribution in [0, 0.1) is 0 Å². The zero-order chi connectivity index (χ0) is 13.2. The van der Waals surface area contributed by atoms with Gasteiger partial charge in [-0.2, -0.15) is 17.0 Å². The first-order chi connectivity index (χ1) is 8.57. The molecule has 0 aromatic heterocycles. The third-order valence-electron chi connectivity index (χ3n) is 4.10. The van der Waals surface area contributed by atoms with Gasteiger partial charge in [0.25, 0.3) is 10.2 Å². The second-order valence-electron chi connectivity index (χ2n) is 5.35. The van der Waals surface area contributed by atoms with E-state index in [2.05, 4.69) is 0 Å². The van der Waals surface area contributed by atoms with Gasteiger partial charge < -0.3 is 0 Å². The highest BCUT2D eigenvalue weighted by atomic mass is 35.5. The van der Waals surface area contributed by atoms with Gasteiger partial charge in [-0.1, -0.05) is 6.42 Å². The fourth-order valence-electron chi connectivity index (χ4n) is 3.08. The van der Waals surface area contributed by atoms with E-state index in [0.29, 0.717) is 19.0 Å². The van der Waals surface area contributed by atoms with Crippen LogP contribution in [-0.4, -0.2) is 48.1 Å². The van der Waals surface area contributed by atoms with Crippen molar-refractivity contribution >= 4 is 21.8 Å². The second-order valence-corrected chi connectivity index (χ2v) is 7.56. The lowest BCUT2D eigenvalue weighted by atomic mass is 10.1. The predicted octanol–water partition coefficient (Wildman–Crippen LogP) is 2.20. The van der Waals surface area contributed by atoms with Crippen molar-refractivity contribution in [3.8, 4) is 0 Å². The highest BCUT2D eigenvalue weighted by Crippen LogP contribution is 2.29. The van der Waals surface area contributed by atoms with Gasteiger partial charge in [0.05, 0.1) is 0 Å². The minimum atomic E-state index is -3.27. The zero-order valence-corrected chi connectivity index (χ0v) is 12.6. The van der Waals surface area contributed by atoms with Crippen molar-refractivity contribution < 1.29 is 8.42 Å². The monoisotopic (exact) mass is 294 g/mol. The van der Waals surface area contributed by atoms with Gasteiger partial charge in [0.15, 0.2) is 0 Å². The number of halogens is 1. The van der Waals surface area contributed by atoms with E-state index < -0.39 is 10.2 Å². The van der Waals surface area contributed by atoms with Crippen molar-refractivity contribution in [3.63, 3.8) is 0 Å². The van der Waals surface area contributed by atoms with Crippen molar-refractivity contribution in [2.24, 2.45) is 0 Å². The molecule has 18 heavy (non-hydrogen) atoms. The summed E-state index contributed by atoms with van der Waals surface area (Å²) in [4.78, 5) is 0. The first-order valence-corrected chi connectivity index (χ1v) is 8.85. The Morgan fingerprint density at radius 3 is 2.50 bits per heavy atom. The minimum absolute atomic E-state index is 0.113. The summed E-state index contributed by atoms with van der Waals surface area (Å²) in [6.07, 6.45) is 5.78. The van der Waals surface area contributed by atoms with E-state index >= 15 is 0 Å². The van der Waals surface area contributed by atoms with Crippen LogP contribution in [0.25, 0.3) is 0 Å². The van der Waals surface area contributed by atoms with Crippen molar-refractivity contribution in [3.05, 3.63) is 0 Å². The number of hydrogen-bond acceptors (Lipinski definition) is 2. The largest absolute Gasteiger partial charge is 0.282 e. The minimum Gasteiger partial charge on any atom is -0.195 e. The van der Waals surface area contributed by atoms with Crippen LogP contribution in [0.3, 0.4) is 0 Å². The highest BCUT2D eigenvalue weighted by Gasteiger charge is 2.40. The van der Waals surface area contributed by atoms with Gasteiger partial charge in [0.2, 0.25) is 0 Å². The number of piperidine rings is 1. The van der Waals surface area contributed by atoms with Crippen LogP contribution in [-0.2, 0) is 10.2 Å². The normalized spacial score (nSPS) is 31.9. The molecule has 106 valence electrons. The van der Waals surface area contributed by atoms with Crippen LogP contribution in [0.1, 0.15) is 45.4 Å². The summed E-state index contributed by atoms with van der Waals surface area (Å²) in [6.45, 7) is 3.35. The Balaban J connectivity index is 2.14. The van der Waals surface area contributed by atoms with Gasteiger partial charge in [-0.15, -0.1) is 11.6 Å². The van der Waals surface area contributed by atoms with Crippen molar-refractivity contribution in [1.29, 1.82) is 0 Å². The first-order valence-electron chi connectivity index (χ1n) is 6.92. The van der Waals surface area contributed by atoms with Gasteiger partial charge in [-0.25, -0.2) is 0 Å². The smallest absolute Gasteiger partial charge is 0.195 e. The average Bonchev–Trinajstić information content (AvgIpc) is 2.79. The van der Waals surface area contributed by atoms with Crippen molar-refractivity contribution in [2.45, 2.75) is 57.5 Å². The lowest BCUT2D eigenvalue weighted by Gasteiger charge is -2.37. The van der Waals surface area contributed by atoms with Gasteiger partial charge in [-0.05, 0) is 39.0 Å². The quantitative estimate of drug-likeness (QED) is 0.746. The summed E-state index contributed by atoms with van der Waals surface area (Å²) in [5.74, 6) is 0.534. The molecule has 2 fully saturated rings. The average molecular weight is 295 g/mol. The van der Waals surface area contributed by atoms with Gasteiger partial charge in [-0.3, -0.25) is 0 Å². The summed E-state index contributed by atoms with van der Waals surface area (Å²) in [5, 5.41) is 0. The zero-order valence-electron chi connectivity index (χ0n) is 11.0. The van der Waals surface area contributed by atoms with Gasteiger partial charge in [0, 0.05) is 31.1 Å². The Bertz CT molecular complexity index is 374. The first kappa shape index (κ1) is 14.6. The summed E-state index contributed by atoms with van der Waals surface area (Å²) in [7, 11) is -3.27. The van der Waals surface area contributed by atoms with E-state index in [1.165, 1.54) is 0 Å². The summed E-state index contributed by atoms with van der Waals surface area (Å²) >= 11 is 5.78. The standard InChI is InChI=1S/C12H23ClN2O2S/c1-11-5-2-3-9-14(11)18(16,17)15-10-4-6-12(15)7-8-13/h11-12H,2-10H2,1H3. The molecule has 0 N–H and O–H groups in total. The molecule has 0 aromatic carbocycles. The van der Waals surface area contributed by atoms with Crippen molar-refractivity contribution in [2.75, 3.05) is 19.0 Å². The number of alkyl halides is 1. The topological polar surface area (TPSA) is 40.6 Å². The molecule has 2 aliphatic heterocycles. The third kappa shape index (κ3) is 2.84. The van der Waals surface area contributed by atoms with Crippen LogP contribution in [0.2, 0.25) is 0 Å². The van der Waals surface area contributed by atoms with Gasteiger partial charge >= 0.3 is 0 Å². The van der Waals surface area contributed by atoms with Crippen LogP contribution in [0.5, 0.6) is 0 Å². The predicted molar refractivity (Wildman–Crippen MR) is 74.0 cm³/mol. The molecular formula is C12H23ClN2O2S. The SMILES string of the molecule is CC1CCCCN1S(=O)(=O)N1CCCC1CCCl. The molecule has 2 rings (SSSR count). The number of rotatable bonds is 4. The Kier molecular flexibility index (Phi) is 4.92. The molecule has 0 saturated carbocycles.